The van der Waals surface area contributed by atoms with Crippen molar-refractivity contribution in [2.45, 2.75) is 25.8 Å². The molecule has 2 aromatic rings. The zero-order valence-corrected chi connectivity index (χ0v) is 15.5. The molecule has 0 aliphatic carbocycles. The van der Waals surface area contributed by atoms with Crippen LogP contribution in [0.4, 0.5) is 5.69 Å². The number of halogens is 1. The number of rotatable bonds is 4. The van der Waals surface area contributed by atoms with Crippen molar-refractivity contribution >= 4 is 39.3 Å². The molecule has 1 amide bonds. The Morgan fingerprint density at radius 1 is 1.30 bits per heavy atom. The smallest absolute Gasteiger partial charge is 0.234 e. The number of nitrogens with zero attached hydrogens (tertiary/aromatic N) is 2. The van der Waals surface area contributed by atoms with Crippen molar-refractivity contribution in [2.75, 3.05) is 11.1 Å². The predicted octanol–water partition coefficient (Wildman–Crippen LogP) is 4.37. The SMILES string of the molecule is Cc1nc(SCC(=O)Nc2ccccc2Br)c(C#N)c(C)c1C. The fourth-order valence-corrected chi connectivity index (χ4v) is 3.30. The number of nitrogens with one attached hydrogen (secondary N) is 1. The first-order chi connectivity index (χ1) is 10.9. The third-order valence-electron chi connectivity index (χ3n) is 3.56. The summed E-state index contributed by atoms with van der Waals surface area (Å²) in [7, 11) is 0. The van der Waals surface area contributed by atoms with Crippen LogP contribution in [0.15, 0.2) is 33.8 Å². The van der Waals surface area contributed by atoms with Crippen LogP contribution in [-0.2, 0) is 4.79 Å². The number of benzene rings is 1. The summed E-state index contributed by atoms with van der Waals surface area (Å²) in [6, 6.07) is 9.62. The Morgan fingerprint density at radius 3 is 2.65 bits per heavy atom. The van der Waals surface area contributed by atoms with E-state index < -0.39 is 0 Å². The minimum atomic E-state index is -0.136. The van der Waals surface area contributed by atoms with Crippen molar-refractivity contribution in [2.24, 2.45) is 0 Å². The first-order valence-corrected chi connectivity index (χ1v) is 8.77. The average Bonchev–Trinajstić information content (AvgIpc) is 2.53. The van der Waals surface area contributed by atoms with E-state index in [1.54, 1.807) is 0 Å². The van der Waals surface area contributed by atoms with Crippen LogP contribution in [0.1, 0.15) is 22.4 Å². The summed E-state index contributed by atoms with van der Waals surface area (Å²) < 4.78 is 0.830. The Balaban J connectivity index is 2.11. The maximum Gasteiger partial charge on any atom is 0.234 e. The van der Waals surface area contributed by atoms with Gasteiger partial charge >= 0.3 is 0 Å². The number of para-hydroxylation sites is 1. The quantitative estimate of drug-likeness (QED) is 0.788. The second-order valence-electron chi connectivity index (χ2n) is 5.06. The molecule has 0 unspecified atom stereocenters. The molecule has 0 spiro atoms. The first-order valence-electron chi connectivity index (χ1n) is 6.99. The number of hydrogen-bond acceptors (Lipinski definition) is 4. The number of pyridine rings is 1. The van der Waals surface area contributed by atoms with Crippen LogP contribution in [0.5, 0.6) is 0 Å². The Hall–Kier alpha value is -1.84. The van der Waals surface area contributed by atoms with E-state index in [2.05, 4.69) is 32.3 Å². The van der Waals surface area contributed by atoms with Gasteiger partial charge in [0.1, 0.15) is 11.1 Å². The highest BCUT2D eigenvalue weighted by Crippen LogP contribution is 2.27. The molecule has 23 heavy (non-hydrogen) atoms. The number of thioether (sulfide) groups is 1. The lowest BCUT2D eigenvalue weighted by Gasteiger charge is -2.11. The van der Waals surface area contributed by atoms with Gasteiger partial charge in [-0.05, 0) is 60.0 Å². The van der Waals surface area contributed by atoms with Crippen LogP contribution in [0.25, 0.3) is 0 Å². The monoisotopic (exact) mass is 389 g/mol. The van der Waals surface area contributed by atoms with Crippen molar-refractivity contribution in [3.05, 3.63) is 51.1 Å². The number of carbonyl (C=O) groups excluding carboxylic acids is 1. The minimum Gasteiger partial charge on any atom is -0.324 e. The first kappa shape index (κ1) is 17.5. The standard InChI is InChI=1S/C17H16BrN3OS/c1-10-11(2)13(8-19)17(20-12(10)3)23-9-16(22)21-15-7-5-4-6-14(15)18/h4-7H,9H2,1-3H3,(H,21,22). The van der Waals surface area contributed by atoms with Gasteiger partial charge in [0.15, 0.2) is 0 Å². The highest BCUT2D eigenvalue weighted by molar-refractivity contribution is 9.10. The van der Waals surface area contributed by atoms with Gasteiger partial charge in [-0.25, -0.2) is 4.98 Å². The summed E-state index contributed by atoms with van der Waals surface area (Å²) in [6.07, 6.45) is 0. The largest absolute Gasteiger partial charge is 0.324 e. The number of aromatic nitrogens is 1. The molecule has 0 saturated carbocycles. The van der Waals surface area contributed by atoms with Crippen LogP contribution >= 0.6 is 27.7 Å². The molecule has 0 aliphatic rings. The Morgan fingerprint density at radius 2 is 2.00 bits per heavy atom. The maximum atomic E-state index is 12.1. The molecule has 118 valence electrons. The van der Waals surface area contributed by atoms with Gasteiger partial charge in [0.2, 0.25) is 5.91 Å². The molecule has 2 rings (SSSR count). The van der Waals surface area contributed by atoms with Gasteiger partial charge in [0.05, 0.1) is 17.0 Å². The molecule has 0 radical (unpaired) electrons. The molecular weight excluding hydrogens is 374 g/mol. The number of carbonyl (C=O) groups is 1. The number of aryl methyl sites for hydroxylation is 1. The fourth-order valence-electron chi connectivity index (χ4n) is 2.03. The molecule has 0 atom stereocenters. The number of anilines is 1. The van der Waals surface area contributed by atoms with E-state index in [1.165, 1.54) is 11.8 Å². The summed E-state index contributed by atoms with van der Waals surface area (Å²) in [5.41, 5.74) is 4.10. The molecule has 0 fully saturated rings. The van der Waals surface area contributed by atoms with E-state index in [0.29, 0.717) is 10.6 Å². The van der Waals surface area contributed by atoms with Crippen LogP contribution in [-0.4, -0.2) is 16.6 Å². The van der Waals surface area contributed by atoms with Crippen molar-refractivity contribution in [1.29, 1.82) is 5.26 Å². The highest BCUT2D eigenvalue weighted by atomic mass is 79.9. The highest BCUT2D eigenvalue weighted by Gasteiger charge is 2.14. The maximum absolute atomic E-state index is 12.1. The van der Waals surface area contributed by atoms with Gasteiger partial charge in [-0.1, -0.05) is 23.9 Å². The third-order valence-corrected chi connectivity index (χ3v) is 5.23. The van der Waals surface area contributed by atoms with Gasteiger partial charge in [-0.3, -0.25) is 4.79 Å². The molecule has 6 heteroatoms. The second-order valence-corrected chi connectivity index (χ2v) is 6.87. The second kappa shape index (κ2) is 7.62. The van der Waals surface area contributed by atoms with Crippen molar-refractivity contribution in [3.63, 3.8) is 0 Å². The topological polar surface area (TPSA) is 65.8 Å². The van der Waals surface area contributed by atoms with E-state index in [4.69, 9.17) is 0 Å². The van der Waals surface area contributed by atoms with Gasteiger partial charge in [0.25, 0.3) is 0 Å². The van der Waals surface area contributed by atoms with Gasteiger partial charge in [-0.15, -0.1) is 0 Å². The van der Waals surface area contributed by atoms with Crippen molar-refractivity contribution in [1.82, 2.24) is 4.98 Å². The summed E-state index contributed by atoms with van der Waals surface area (Å²) in [5.74, 6) is 0.0637. The van der Waals surface area contributed by atoms with Crippen LogP contribution in [0.3, 0.4) is 0 Å². The lowest BCUT2D eigenvalue weighted by atomic mass is 10.1. The van der Waals surface area contributed by atoms with Crippen LogP contribution < -0.4 is 5.32 Å². The Labute approximate surface area is 148 Å². The number of amides is 1. The normalized spacial score (nSPS) is 10.2. The van der Waals surface area contributed by atoms with Crippen molar-refractivity contribution in [3.8, 4) is 6.07 Å². The summed E-state index contributed by atoms with van der Waals surface area (Å²) in [6.45, 7) is 5.77. The molecule has 4 nitrogen and oxygen atoms in total. The van der Waals surface area contributed by atoms with Crippen LogP contribution in [0, 0.1) is 32.1 Å². The molecule has 1 aromatic heterocycles. The van der Waals surface area contributed by atoms with E-state index >= 15 is 0 Å². The minimum absolute atomic E-state index is 0.136. The van der Waals surface area contributed by atoms with Gasteiger partial charge in [0, 0.05) is 10.2 Å². The third kappa shape index (κ3) is 4.12. The molecule has 1 N–H and O–H groups in total. The van der Waals surface area contributed by atoms with E-state index in [-0.39, 0.29) is 11.7 Å². The Kier molecular flexibility index (Phi) is 5.80. The average molecular weight is 390 g/mol. The van der Waals surface area contributed by atoms with E-state index in [1.807, 2.05) is 45.0 Å². The molecule has 1 heterocycles. The van der Waals surface area contributed by atoms with Crippen LogP contribution in [0.2, 0.25) is 0 Å². The summed E-state index contributed by atoms with van der Waals surface area (Å²) >= 11 is 4.67. The van der Waals surface area contributed by atoms with Gasteiger partial charge in [-0.2, -0.15) is 5.26 Å². The van der Waals surface area contributed by atoms with Gasteiger partial charge < -0.3 is 5.32 Å². The predicted molar refractivity (Wildman–Crippen MR) is 96.7 cm³/mol. The molecule has 1 aromatic carbocycles. The lowest BCUT2D eigenvalue weighted by Crippen LogP contribution is -2.14. The molecule has 0 bridgehead atoms. The zero-order chi connectivity index (χ0) is 17.0. The zero-order valence-electron chi connectivity index (χ0n) is 13.1. The summed E-state index contributed by atoms with van der Waals surface area (Å²) in [5, 5.41) is 12.8. The lowest BCUT2D eigenvalue weighted by molar-refractivity contribution is -0.113. The molecular formula is C17H16BrN3OS. The Bertz CT molecular complexity index is 799. The molecule has 0 saturated heterocycles. The van der Waals surface area contributed by atoms with E-state index in [9.17, 15) is 10.1 Å². The fraction of sp³-hybridized carbons (Fsp3) is 0.235. The van der Waals surface area contributed by atoms with E-state index in [0.717, 1.165) is 27.0 Å². The number of hydrogen-bond donors (Lipinski definition) is 1. The van der Waals surface area contributed by atoms with Crippen molar-refractivity contribution < 1.29 is 4.79 Å². The number of nitriles is 1. The summed E-state index contributed by atoms with van der Waals surface area (Å²) in [4.78, 5) is 16.6. The molecule has 0 aliphatic heterocycles.